The summed E-state index contributed by atoms with van der Waals surface area (Å²) in [7, 11) is -3.10. The smallest absolute Gasteiger partial charge is 0.267 e. The molecule has 2 aromatic rings. The molecule has 0 radical (unpaired) electrons. The van der Waals surface area contributed by atoms with Crippen LogP contribution in [-0.4, -0.2) is 29.7 Å². The molecule has 1 aromatic heterocycles. The molecular formula is C12H11FN2O3S. The highest BCUT2D eigenvalue weighted by molar-refractivity contribution is 7.91. The molecule has 0 spiro atoms. The van der Waals surface area contributed by atoms with E-state index in [9.17, 15) is 17.6 Å². The molecule has 7 heteroatoms. The van der Waals surface area contributed by atoms with Gasteiger partial charge in [0.15, 0.2) is 9.84 Å². The van der Waals surface area contributed by atoms with Gasteiger partial charge in [-0.05, 0) is 24.6 Å². The summed E-state index contributed by atoms with van der Waals surface area (Å²) in [5.74, 6) is -0.519. The zero-order valence-corrected chi connectivity index (χ0v) is 10.7. The van der Waals surface area contributed by atoms with Crippen molar-refractivity contribution in [1.82, 2.24) is 9.78 Å². The van der Waals surface area contributed by atoms with E-state index in [1.165, 1.54) is 18.3 Å². The van der Waals surface area contributed by atoms with Crippen molar-refractivity contribution in [2.24, 2.45) is 0 Å². The Morgan fingerprint density at radius 2 is 2.16 bits per heavy atom. The van der Waals surface area contributed by atoms with E-state index in [2.05, 4.69) is 5.10 Å². The average molecular weight is 282 g/mol. The van der Waals surface area contributed by atoms with Crippen LogP contribution in [0.1, 0.15) is 12.5 Å². The predicted octanol–water partition coefficient (Wildman–Crippen LogP) is 0.895. The van der Waals surface area contributed by atoms with Gasteiger partial charge in [-0.3, -0.25) is 4.79 Å². The Morgan fingerprint density at radius 1 is 1.37 bits per heavy atom. The zero-order chi connectivity index (χ0) is 13.6. The second kappa shape index (κ2) is 4.12. The van der Waals surface area contributed by atoms with Crippen molar-refractivity contribution in [3.05, 3.63) is 40.6 Å². The maximum Gasteiger partial charge on any atom is 0.275 e. The first-order valence-electron chi connectivity index (χ1n) is 5.84. The third-order valence-electron chi connectivity index (χ3n) is 3.33. The van der Waals surface area contributed by atoms with E-state index >= 15 is 0 Å². The van der Waals surface area contributed by atoms with Gasteiger partial charge in [0.25, 0.3) is 5.56 Å². The molecule has 1 fully saturated rings. The molecule has 1 saturated heterocycles. The number of hydrogen-bond donors (Lipinski definition) is 0. The molecule has 19 heavy (non-hydrogen) atoms. The highest BCUT2D eigenvalue weighted by Gasteiger charge is 2.30. The molecular weight excluding hydrogens is 271 g/mol. The standard InChI is InChI=1S/C12H11FN2O3S/c13-9-2-1-8-6-14-15(12(16)11(8)5-9)10-3-4-19(17,18)7-10/h1-2,5-6,10H,3-4,7H2. The fourth-order valence-electron chi connectivity index (χ4n) is 2.35. The number of rotatable bonds is 1. The lowest BCUT2D eigenvalue weighted by atomic mass is 10.2. The predicted molar refractivity (Wildman–Crippen MR) is 68.3 cm³/mol. The Kier molecular flexibility index (Phi) is 2.67. The topological polar surface area (TPSA) is 69.0 Å². The number of halogens is 1. The van der Waals surface area contributed by atoms with E-state index in [4.69, 9.17) is 0 Å². The Labute approximate surface area is 108 Å². The molecule has 1 atom stereocenters. The van der Waals surface area contributed by atoms with Crippen molar-refractivity contribution in [2.75, 3.05) is 11.5 Å². The quantitative estimate of drug-likeness (QED) is 0.779. The van der Waals surface area contributed by atoms with Crippen LogP contribution < -0.4 is 5.56 Å². The number of aromatic nitrogens is 2. The number of fused-ring (bicyclic) bond motifs is 1. The first-order valence-corrected chi connectivity index (χ1v) is 7.66. The third kappa shape index (κ3) is 2.14. The summed E-state index contributed by atoms with van der Waals surface area (Å²) in [4.78, 5) is 12.2. The Morgan fingerprint density at radius 3 is 2.84 bits per heavy atom. The van der Waals surface area contributed by atoms with Gasteiger partial charge in [0, 0.05) is 5.39 Å². The van der Waals surface area contributed by atoms with Gasteiger partial charge in [-0.25, -0.2) is 17.5 Å². The van der Waals surface area contributed by atoms with Gasteiger partial charge in [0.05, 0.1) is 29.1 Å². The van der Waals surface area contributed by atoms with Crippen LogP contribution >= 0.6 is 0 Å². The highest BCUT2D eigenvalue weighted by atomic mass is 32.2. The van der Waals surface area contributed by atoms with Crippen LogP contribution in [0.3, 0.4) is 0 Å². The maximum atomic E-state index is 13.2. The summed E-state index contributed by atoms with van der Waals surface area (Å²) in [5, 5.41) is 4.77. The summed E-state index contributed by atoms with van der Waals surface area (Å²) in [6.07, 6.45) is 1.83. The molecule has 1 aromatic carbocycles. The van der Waals surface area contributed by atoms with Gasteiger partial charge in [0.2, 0.25) is 0 Å². The maximum absolute atomic E-state index is 13.2. The SMILES string of the molecule is O=c1c2cc(F)ccc2cnn1C1CCS(=O)(=O)C1. The van der Waals surface area contributed by atoms with Crippen LogP contribution in [0.2, 0.25) is 0 Å². The van der Waals surface area contributed by atoms with Crippen LogP contribution in [0.5, 0.6) is 0 Å². The molecule has 0 aliphatic carbocycles. The van der Waals surface area contributed by atoms with Gasteiger partial charge in [-0.1, -0.05) is 0 Å². The summed E-state index contributed by atoms with van der Waals surface area (Å²) < 4.78 is 37.2. The first-order chi connectivity index (χ1) is 8.96. The van der Waals surface area contributed by atoms with Gasteiger partial charge in [-0.15, -0.1) is 0 Å². The van der Waals surface area contributed by atoms with E-state index in [1.807, 2.05) is 0 Å². The first kappa shape index (κ1) is 12.3. The summed E-state index contributed by atoms with van der Waals surface area (Å²) in [5.41, 5.74) is -0.445. The largest absolute Gasteiger partial charge is 0.275 e. The zero-order valence-electron chi connectivity index (χ0n) is 9.91. The van der Waals surface area contributed by atoms with E-state index in [0.29, 0.717) is 11.8 Å². The molecule has 100 valence electrons. The van der Waals surface area contributed by atoms with Crippen LogP contribution in [0.25, 0.3) is 10.8 Å². The second-order valence-electron chi connectivity index (χ2n) is 4.68. The fourth-order valence-corrected chi connectivity index (χ4v) is 4.05. The monoisotopic (exact) mass is 282 g/mol. The van der Waals surface area contributed by atoms with Gasteiger partial charge >= 0.3 is 0 Å². The Bertz CT molecular complexity index is 813. The molecule has 1 aliphatic heterocycles. The molecule has 0 N–H and O–H groups in total. The van der Waals surface area contributed by atoms with Crippen molar-refractivity contribution < 1.29 is 12.8 Å². The van der Waals surface area contributed by atoms with E-state index in [1.54, 1.807) is 0 Å². The number of nitrogens with zero attached hydrogens (tertiary/aromatic N) is 2. The number of hydrogen-bond acceptors (Lipinski definition) is 4. The number of sulfone groups is 1. The molecule has 0 bridgehead atoms. The minimum atomic E-state index is -3.10. The van der Waals surface area contributed by atoms with Crippen molar-refractivity contribution >= 4 is 20.6 Å². The van der Waals surface area contributed by atoms with E-state index in [-0.39, 0.29) is 16.9 Å². The van der Waals surface area contributed by atoms with Crippen molar-refractivity contribution in [1.29, 1.82) is 0 Å². The van der Waals surface area contributed by atoms with Gasteiger partial charge in [0.1, 0.15) is 5.82 Å². The molecule has 0 amide bonds. The number of benzene rings is 1. The molecule has 3 rings (SSSR count). The van der Waals surface area contributed by atoms with E-state index < -0.39 is 27.3 Å². The van der Waals surface area contributed by atoms with Crippen LogP contribution in [0.15, 0.2) is 29.2 Å². The minimum absolute atomic E-state index is 0.0625. The van der Waals surface area contributed by atoms with Crippen molar-refractivity contribution in [3.8, 4) is 0 Å². The Balaban J connectivity index is 2.16. The van der Waals surface area contributed by atoms with Crippen molar-refractivity contribution in [3.63, 3.8) is 0 Å². The van der Waals surface area contributed by atoms with Crippen LogP contribution in [0, 0.1) is 5.82 Å². The van der Waals surface area contributed by atoms with Crippen molar-refractivity contribution in [2.45, 2.75) is 12.5 Å². The highest BCUT2D eigenvalue weighted by Crippen LogP contribution is 2.22. The average Bonchev–Trinajstić information content (AvgIpc) is 2.71. The summed E-state index contributed by atoms with van der Waals surface area (Å²) >= 11 is 0. The molecule has 0 saturated carbocycles. The fraction of sp³-hybridized carbons (Fsp3) is 0.333. The lowest BCUT2D eigenvalue weighted by Gasteiger charge is -2.11. The second-order valence-corrected chi connectivity index (χ2v) is 6.91. The molecule has 2 heterocycles. The van der Waals surface area contributed by atoms with Gasteiger partial charge in [-0.2, -0.15) is 5.10 Å². The molecule has 1 aliphatic rings. The van der Waals surface area contributed by atoms with Gasteiger partial charge < -0.3 is 0 Å². The lowest BCUT2D eigenvalue weighted by Crippen LogP contribution is -2.28. The normalized spacial score (nSPS) is 21.8. The van der Waals surface area contributed by atoms with Crippen LogP contribution in [0.4, 0.5) is 4.39 Å². The Hall–Kier alpha value is -1.76. The molecule has 1 unspecified atom stereocenters. The summed E-state index contributed by atoms with van der Waals surface area (Å²) in [6.45, 7) is 0. The lowest BCUT2D eigenvalue weighted by molar-refractivity contribution is 0.478. The van der Waals surface area contributed by atoms with Crippen LogP contribution in [-0.2, 0) is 9.84 Å². The summed E-state index contributed by atoms with van der Waals surface area (Å²) in [6, 6.07) is 3.44. The minimum Gasteiger partial charge on any atom is -0.267 e. The third-order valence-corrected chi connectivity index (χ3v) is 5.08. The van der Waals surface area contributed by atoms with E-state index in [0.717, 1.165) is 10.7 Å². The molecule has 5 nitrogen and oxygen atoms in total.